The van der Waals surface area contributed by atoms with Crippen molar-refractivity contribution in [1.29, 1.82) is 0 Å². The van der Waals surface area contributed by atoms with Crippen molar-refractivity contribution in [1.82, 2.24) is 0 Å². The van der Waals surface area contributed by atoms with Crippen LogP contribution in [0.3, 0.4) is 0 Å². The van der Waals surface area contributed by atoms with Crippen LogP contribution >= 0.6 is 0 Å². The number of hydrogen-bond donors (Lipinski definition) is 0. The summed E-state index contributed by atoms with van der Waals surface area (Å²) < 4.78 is 29.2. The van der Waals surface area contributed by atoms with Crippen LogP contribution in [0.4, 0.5) is 0 Å². The van der Waals surface area contributed by atoms with Gasteiger partial charge in [0.2, 0.25) is 0 Å². The minimum absolute atomic E-state index is 0.232. The van der Waals surface area contributed by atoms with E-state index in [2.05, 4.69) is 27.7 Å². The molecule has 7 heteroatoms. The second-order valence-electron chi connectivity index (χ2n) is 10.3. The van der Waals surface area contributed by atoms with Gasteiger partial charge in [-0.05, 0) is 70.4 Å². The van der Waals surface area contributed by atoms with Crippen LogP contribution in [0.1, 0.15) is 74.1 Å². The van der Waals surface area contributed by atoms with E-state index >= 15 is 0 Å². The fraction of sp³-hybridized carbons (Fsp3) is 0.600. The lowest BCUT2D eigenvalue weighted by Crippen LogP contribution is -2.67. The Hall–Kier alpha value is -2.54. The maximum absolute atomic E-state index is 12.9. The zero-order valence-electron chi connectivity index (χ0n) is 19.0. The number of furan rings is 2. The van der Waals surface area contributed by atoms with Crippen LogP contribution in [0.25, 0.3) is 0 Å². The summed E-state index contributed by atoms with van der Waals surface area (Å²) in [7, 11) is 0. The largest absolute Gasteiger partial charge is 0.472 e. The molecule has 2 aromatic heterocycles. The van der Waals surface area contributed by atoms with Crippen LogP contribution in [-0.2, 0) is 14.2 Å². The molecule has 2 saturated carbocycles. The van der Waals surface area contributed by atoms with Gasteiger partial charge >= 0.3 is 11.9 Å². The Morgan fingerprint density at radius 2 is 1.53 bits per heavy atom. The first-order chi connectivity index (χ1) is 15.2. The molecule has 3 heterocycles. The molecule has 1 aliphatic heterocycles. The third-order valence-corrected chi connectivity index (χ3v) is 8.40. The SMILES string of the molecule is C[C@@H]1CC[C@H](OC(=O)c2ccoc2)[C@@]2(C)[C@@H](OC(=O)c3ccoc3)C[C@@H]3C[C@]12OC3(C)C. The van der Waals surface area contributed by atoms with Crippen molar-refractivity contribution in [3.05, 3.63) is 48.3 Å². The van der Waals surface area contributed by atoms with E-state index in [4.69, 9.17) is 23.0 Å². The second-order valence-corrected chi connectivity index (χ2v) is 10.3. The van der Waals surface area contributed by atoms with Crippen LogP contribution in [0.5, 0.6) is 0 Å². The number of carbonyl (C=O) groups excluding carboxylic acids is 2. The molecule has 1 saturated heterocycles. The minimum Gasteiger partial charge on any atom is -0.472 e. The predicted octanol–water partition coefficient (Wildman–Crippen LogP) is 5.02. The quantitative estimate of drug-likeness (QED) is 0.615. The molecule has 5 rings (SSSR count). The highest BCUT2D eigenvalue weighted by Gasteiger charge is 2.73. The summed E-state index contributed by atoms with van der Waals surface area (Å²) in [5.74, 6) is -0.397. The lowest BCUT2D eigenvalue weighted by atomic mass is 9.50. The third kappa shape index (κ3) is 2.97. The number of hydrogen-bond acceptors (Lipinski definition) is 7. The molecule has 0 aromatic carbocycles. The Morgan fingerprint density at radius 1 is 0.938 bits per heavy atom. The van der Waals surface area contributed by atoms with Crippen LogP contribution in [0.2, 0.25) is 0 Å². The fourth-order valence-corrected chi connectivity index (χ4v) is 6.43. The highest BCUT2D eigenvalue weighted by Crippen LogP contribution is 2.66. The van der Waals surface area contributed by atoms with E-state index in [-0.39, 0.29) is 17.4 Å². The monoisotopic (exact) mass is 442 g/mol. The molecule has 2 aromatic rings. The topological polar surface area (TPSA) is 88.1 Å². The van der Waals surface area contributed by atoms with E-state index < -0.39 is 35.2 Å². The maximum Gasteiger partial charge on any atom is 0.341 e. The van der Waals surface area contributed by atoms with Gasteiger partial charge in [-0.2, -0.15) is 0 Å². The van der Waals surface area contributed by atoms with Crippen LogP contribution < -0.4 is 0 Å². The molecule has 32 heavy (non-hydrogen) atoms. The summed E-state index contributed by atoms with van der Waals surface area (Å²) in [6, 6.07) is 3.19. The molecule has 172 valence electrons. The standard InChI is InChI=1S/C25H30O7/c1-15-5-6-19(30-21(26)16-7-9-28-13-16)24(4)20(31-22(27)17-8-10-29-14-17)11-18-12-25(15,24)32-23(18,2)3/h7-10,13-15,18-20H,5-6,11-12H2,1-4H3/t15-,18-,19+,20+,24+,25+/m1/s1. The second kappa shape index (κ2) is 7.24. The van der Waals surface area contributed by atoms with E-state index in [1.54, 1.807) is 12.1 Å². The Bertz CT molecular complexity index is 992. The van der Waals surface area contributed by atoms with E-state index in [0.29, 0.717) is 24.0 Å². The summed E-state index contributed by atoms with van der Waals surface area (Å²) >= 11 is 0. The summed E-state index contributed by atoms with van der Waals surface area (Å²) in [6.45, 7) is 8.49. The van der Waals surface area contributed by atoms with Gasteiger partial charge in [0.15, 0.2) is 0 Å². The van der Waals surface area contributed by atoms with Crippen LogP contribution in [-0.4, -0.2) is 35.3 Å². The average Bonchev–Trinajstić information content (AvgIpc) is 3.48. The lowest BCUT2D eigenvalue weighted by Gasteiger charge is -2.60. The van der Waals surface area contributed by atoms with Gasteiger partial charge in [-0.1, -0.05) is 6.92 Å². The van der Waals surface area contributed by atoms with Crippen molar-refractivity contribution in [3.8, 4) is 0 Å². The van der Waals surface area contributed by atoms with Gasteiger partial charge in [-0.3, -0.25) is 0 Å². The molecule has 3 aliphatic rings. The normalized spacial score (nSPS) is 37.5. The molecular formula is C25H30O7. The van der Waals surface area contributed by atoms with Crippen molar-refractivity contribution in [2.75, 3.05) is 0 Å². The van der Waals surface area contributed by atoms with E-state index in [1.807, 2.05) is 0 Å². The highest BCUT2D eigenvalue weighted by atomic mass is 16.6. The van der Waals surface area contributed by atoms with E-state index in [1.165, 1.54) is 25.1 Å². The number of esters is 2. The van der Waals surface area contributed by atoms with E-state index in [0.717, 1.165) is 12.8 Å². The Kier molecular flexibility index (Phi) is 4.82. The third-order valence-electron chi connectivity index (χ3n) is 8.40. The van der Waals surface area contributed by atoms with Crippen molar-refractivity contribution in [2.45, 2.75) is 76.8 Å². The highest BCUT2D eigenvalue weighted by molar-refractivity contribution is 5.89. The summed E-state index contributed by atoms with van der Waals surface area (Å²) in [6.07, 6.45) is 7.81. The average molecular weight is 443 g/mol. The molecular weight excluding hydrogens is 412 g/mol. The first-order valence-corrected chi connectivity index (χ1v) is 11.3. The Labute approximate surface area is 187 Å². The molecule has 2 bridgehead atoms. The summed E-state index contributed by atoms with van der Waals surface area (Å²) in [5.41, 5.74) is -0.872. The van der Waals surface area contributed by atoms with Crippen LogP contribution in [0, 0.1) is 17.3 Å². The number of fused-ring (bicyclic) bond motifs is 1. The Morgan fingerprint density at radius 3 is 2.09 bits per heavy atom. The van der Waals surface area contributed by atoms with Gasteiger partial charge < -0.3 is 23.0 Å². The lowest BCUT2D eigenvalue weighted by molar-refractivity contribution is -0.253. The number of ether oxygens (including phenoxy) is 3. The first-order valence-electron chi connectivity index (χ1n) is 11.3. The molecule has 2 aliphatic carbocycles. The Balaban J connectivity index is 1.53. The van der Waals surface area contributed by atoms with Gasteiger partial charge in [-0.15, -0.1) is 0 Å². The van der Waals surface area contributed by atoms with Crippen molar-refractivity contribution < 1.29 is 32.6 Å². The van der Waals surface area contributed by atoms with Gasteiger partial charge in [0, 0.05) is 0 Å². The molecule has 1 spiro atoms. The molecule has 7 nitrogen and oxygen atoms in total. The first kappa shape index (κ1) is 21.3. The zero-order chi connectivity index (χ0) is 22.7. The van der Waals surface area contributed by atoms with Crippen molar-refractivity contribution >= 4 is 11.9 Å². The smallest absolute Gasteiger partial charge is 0.341 e. The molecule has 0 unspecified atom stereocenters. The fourth-order valence-electron chi connectivity index (χ4n) is 6.43. The number of carbonyl (C=O) groups is 2. The van der Waals surface area contributed by atoms with Gasteiger partial charge in [0.1, 0.15) is 24.7 Å². The van der Waals surface area contributed by atoms with Gasteiger partial charge in [-0.25, -0.2) is 9.59 Å². The predicted molar refractivity (Wildman–Crippen MR) is 113 cm³/mol. The molecule has 6 atom stereocenters. The minimum atomic E-state index is -0.701. The van der Waals surface area contributed by atoms with Gasteiger partial charge in [0.25, 0.3) is 0 Å². The summed E-state index contributed by atoms with van der Waals surface area (Å²) in [4.78, 5) is 25.8. The number of rotatable bonds is 4. The summed E-state index contributed by atoms with van der Waals surface area (Å²) in [5, 5.41) is 0. The maximum atomic E-state index is 12.9. The van der Waals surface area contributed by atoms with E-state index in [9.17, 15) is 9.59 Å². The molecule has 0 radical (unpaired) electrons. The molecule has 0 amide bonds. The van der Waals surface area contributed by atoms with Gasteiger partial charge in [0.05, 0.1) is 40.3 Å². The van der Waals surface area contributed by atoms with Crippen LogP contribution in [0.15, 0.2) is 46.0 Å². The zero-order valence-corrected chi connectivity index (χ0v) is 19.0. The molecule has 0 N–H and O–H groups in total. The molecule has 3 fully saturated rings. The van der Waals surface area contributed by atoms with Crippen molar-refractivity contribution in [3.63, 3.8) is 0 Å². The van der Waals surface area contributed by atoms with Crippen molar-refractivity contribution in [2.24, 2.45) is 17.3 Å².